The molecule has 2 atom stereocenters. The zero-order valence-electron chi connectivity index (χ0n) is 9.34. The van der Waals surface area contributed by atoms with E-state index in [1.54, 1.807) is 0 Å². The molecular weight excluding hydrogens is 160 g/mol. The summed E-state index contributed by atoms with van der Waals surface area (Å²) in [7, 11) is 0. The van der Waals surface area contributed by atoms with Crippen molar-refractivity contribution in [3.8, 4) is 0 Å². The highest BCUT2D eigenvalue weighted by Crippen LogP contribution is 2.34. The summed E-state index contributed by atoms with van der Waals surface area (Å²) in [6, 6.07) is 0. The van der Waals surface area contributed by atoms with Gasteiger partial charge in [0.2, 0.25) is 0 Å². The second-order valence-electron chi connectivity index (χ2n) is 5.10. The average Bonchev–Trinajstić information content (AvgIpc) is 2.03. The molecule has 0 amide bonds. The van der Waals surface area contributed by atoms with E-state index in [0.717, 1.165) is 12.8 Å². The number of hydrogen-bond acceptors (Lipinski definition) is 1. The number of Topliss-reactive ketones (excluding diaryl/α,β-unsaturated/α-hetero) is 1. The van der Waals surface area contributed by atoms with Crippen LogP contribution in [0.4, 0.5) is 0 Å². The molecule has 0 bridgehead atoms. The summed E-state index contributed by atoms with van der Waals surface area (Å²) >= 11 is 0. The molecule has 0 N–H and O–H groups in total. The van der Waals surface area contributed by atoms with E-state index in [1.807, 2.05) is 0 Å². The lowest BCUT2D eigenvalue weighted by Gasteiger charge is -2.31. The molecule has 1 aliphatic carbocycles. The summed E-state index contributed by atoms with van der Waals surface area (Å²) in [6.45, 7) is 8.79. The van der Waals surface area contributed by atoms with Crippen molar-refractivity contribution in [1.82, 2.24) is 0 Å². The Balaban J connectivity index is 2.52. The first-order valence-electron chi connectivity index (χ1n) is 5.55. The van der Waals surface area contributed by atoms with Gasteiger partial charge in [-0.2, -0.15) is 0 Å². The van der Waals surface area contributed by atoms with E-state index in [-0.39, 0.29) is 0 Å². The van der Waals surface area contributed by atoms with Gasteiger partial charge in [0.25, 0.3) is 0 Å². The average molecular weight is 182 g/mol. The van der Waals surface area contributed by atoms with Crippen molar-refractivity contribution < 1.29 is 4.79 Å². The Morgan fingerprint density at radius 1 is 1.08 bits per heavy atom. The Morgan fingerprint density at radius 3 is 2.08 bits per heavy atom. The van der Waals surface area contributed by atoms with E-state index in [9.17, 15) is 4.79 Å². The van der Waals surface area contributed by atoms with Crippen LogP contribution >= 0.6 is 0 Å². The van der Waals surface area contributed by atoms with Crippen molar-refractivity contribution in [3.05, 3.63) is 0 Å². The van der Waals surface area contributed by atoms with Crippen molar-refractivity contribution in [2.75, 3.05) is 0 Å². The van der Waals surface area contributed by atoms with Crippen LogP contribution in [0, 0.1) is 23.7 Å². The third kappa shape index (κ3) is 2.55. The minimum atomic E-state index is 0.356. The summed E-state index contributed by atoms with van der Waals surface area (Å²) in [5.41, 5.74) is 0. The summed E-state index contributed by atoms with van der Waals surface area (Å²) < 4.78 is 0. The van der Waals surface area contributed by atoms with Gasteiger partial charge in [0.1, 0.15) is 5.78 Å². The van der Waals surface area contributed by atoms with E-state index in [4.69, 9.17) is 0 Å². The lowest BCUT2D eigenvalue weighted by atomic mass is 9.73. The van der Waals surface area contributed by atoms with E-state index < -0.39 is 0 Å². The highest BCUT2D eigenvalue weighted by molar-refractivity contribution is 5.82. The predicted molar refractivity (Wildman–Crippen MR) is 55.5 cm³/mol. The maximum atomic E-state index is 11.8. The van der Waals surface area contributed by atoms with Crippen LogP contribution in [0.2, 0.25) is 0 Å². The van der Waals surface area contributed by atoms with E-state index in [1.165, 1.54) is 6.42 Å². The molecule has 0 radical (unpaired) electrons. The number of hydrogen-bond donors (Lipinski definition) is 0. The van der Waals surface area contributed by atoms with E-state index in [0.29, 0.717) is 29.5 Å². The van der Waals surface area contributed by atoms with Crippen LogP contribution in [0.5, 0.6) is 0 Å². The number of rotatable bonds is 2. The standard InChI is InChI=1S/C12H22O/c1-8(2)10-5-6-11(9(3)4)12(13)7-10/h8-11H,5-7H2,1-4H3/t10-,11+/m1/s1. The van der Waals surface area contributed by atoms with Gasteiger partial charge in [0, 0.05) is 12.3 Å². The second kappa shape index (κ2) is 4.26. The van der Waals surface area contributed by atoms with Gasteiger partial charge < -0.3 is 0 Å². The van der Waals surface area contributed by atoms with Gasteiger partial charge in [-0.15, -0.1) is 0 Å². The molecule has 1 heteroatoms. The topological polar surface area (TPSA) is 17.1 Å². The molecule has 0 saturated heterocycles. The van der Waals surface area contributed by atoms with Crippen LogP contribution in [0.3, 0.4) is 0 Å². The molecule has 0 aliphatic heterocycles. The van der Waals surface area contributed by atoms with E-state index >= 15 is 0 Å². The molecule has 13 heavy (non-hydrogen) atoms. The van der Waals surface area contributed by atoms with Gasteiger partial charge in [-0.3, -0.25) is 4.79 Å². The SMILES string of the molecule is CC(C)[C@@H]1CC[C@@H](C(C)C)C(=O)C1. The van der Waals surface area contributed by atoms with Crippen LogP contribution in [-0.2, 0) is 4.79 Å². The zero-order valence-corrected chi connectivity index (χ0v) is 9.34. The minimum absolute atomic E-state index is 0.356. The number of carbonyl (C=O) groups excluding carboxylic acids is 1. The quantitative estimate of drug-likeness (QED) is 0.640. The number of carbonyl (C=O) groups is 1. The number of ketones is 1. The molecule has 0 heterocycles. The first kappa shape index (κ1) is 10.7. The molecule has 0 unspecified atom stereocenters. The molecule has 0 spiro atoms. The predicted octanol–water partition coefficient (Wildman–Crippen LogP) is 3.28. The van der Waals surface area contributed by atoms with Crippen LogP contribution in [-0.4, -0.2) is 5.78 Å². The van der Waals surface area contributed by atoms with Crippen LogP contribution in [0.15, 0.2) is 0 Å². The maximum absolute atomic E-state index is 11.8. The summed E-state index contributed by atoms with van der Waals surface area (Å²) in [4.78, 5) is 11.8. The third-order valence-corrected chi connectivity index (χ3v) is 3.47. The molecular formula is C12H22O. The van der Waals surface area contributed by atoms with Gasteiger partial charge in [0.05, 0.1) is 0 Å². The fraction of sp³-hybridized carbons (Fsp3) is 0.917. The Bertz CT molecular complexity index is 182. The Morgan fingerprint density at radius 2 is 1.69 bits per heavy atom. The lowest BCUT2D eigenvalue weighted by Crippen LogP contribution is -2.30. The largest absolute Gasteiger partial charge is 0.299 e. The summed E-state index contributed by atoms with van der Waals surface area (Å²) in [5.74, 6) is 2.75. The van der Waals surface area contributed by atoms with Crippen molar-refractivity contribution in [1.29, 1.82) is 0 Å². The fourth-order valence-corrected chi connectivity index (χ4v) is 2.34. The highest BCUT2D eigenvalue weighted by Gasteiger charge is 2.31. The smallest absolute Gasteiger partial charge is 0.136 e. The van der Waals surface area contributed by atoms with Crippen molar-refractivity contribution in [3.63, 3.8) is 0 Å². The molecule has 1 rings (SSSR count). The summed E-state index contributed by atoms with van der Waals surface area (Å²) in [5, 5.41) is 0. The van der Waals surface area contributed by atoms with Gasteiger partial charge in [0.15, 0.2) is 0 Å². The minimum Gasteiger partial charge on any atom is -0.299 e. The van der Waals surface area contributed by atoms with Gasteiger partial charge in [-0.1, -0.05) is 27.7 Å². The molecule has 1 saturated carbocycles. The first-order valence-corrected chi connectivity index (χ1v) is 5.55. The summed E-state index contributed by atoms with van der Waals surface area (Å²) in [6.07, 6.45) is 3.21. The molecule has 1 fully saturated rings. The van der Waals surface area contributed by atoms with Crippen molar-refractivity contribution >= 4 is 5.78 Å². The monoisotopic (exact) mass is 182 g/mol. The van der Waals surface area contributed by atoms with Crippen LogP contribution in [0.25, 0.3) is 0 Å². The zero-order chi connectivity index (χ0) is 10.0. The lowest BCUT2D eigenvalue weighted by molar-refractivity contribution is -0.128. The Kier molecular flexibility index (Phi) is 3.52. The van der Waals surface area contributed by atoms with Gasteiger partial charge >= 0.3 is 0 Å². The normalized spacial score (nSPS) is 30.2. The second-order valence-corrected chi connectivity index (χ2v) is 5.10. The Hall–Kier alpha value is -0.330. The van der Waals surface area contributed by atoms with Crippen LogP contribution in [0.1, 0.15) is 47.0 Å². The van der Waals surface area contributed by atoms with E-state index in [2.05, 4.69) is 27.7 Å². The van der Waals surface area contributed by atoms with Crippen LogP contribution < -0.4 is 0 Å². The van der Waals surface area contributed by atoms with Crippen molar-refractivity contribution in [2.24, 2.45) is 23.7 Å². The molecule has 0 aromatic rings. The first-order chi connectivity index (χ1) is 6.02. The molecule has 0 aromatic carbocycles. The third-order valence-electron chi connectivity index (χ3n) is 3.47. The molecule has 1 nitrogen and oxygen atoms in total. The van der Waals surface area contributed by atoms with Gasteiger partial charge in [-0.25, -0.2) is 0 Å². The Labute approximate surface area is 81.9 Å². The molecule has 1 aliphatic rings. The highest BCUT2D eigenvalue weighted by atomic mass is 16.1. The fourth-order valence-electron chi connectivity index (χ4n) is 2.34. The maximum Gasteiger partial charge on any atom is 0.136 e. The van der Waals surface area contributed by atoms with Crippen molar-refractivity contribution in [2.45, 2.75) is 47.0 Å². The molecule has 76 valence electrons. The molecule has 0 aromatic heterocycles. The van der Waals surface area contributed by atoms with Gasteiger partial charge in [-0.05, 0) is 30.6 Å².